The minimum Gasteiger partial charge on any atom is -0.481 e. The van der Waals surface area contributed by atoms with Crippen molar-refractivity contribution >= 4 is 23.6 Å². The standard InChI is InChI=1S/C23H40N2O5/c1-2-3-4-5-6-7-8-9-10-11-12-13-14-15-16-17-21(26)25-24-20(23(29)30)18-19-22(27)28/h9-10H,2-8,11-19H2,1H3,(H,25,26)(H,27,28)(H,29,30)/b10-9+,24-20-. The second-order valence-corrected chi connectivity index (χ2v) is 7.63. The molecular formula is C23H40N2O5. The van der Waals surface area contributed by atoms with Crippen molar-refractivity contribution in [2.45, 2.75) is 110 Å². The van der Waals surface area contributed by atoms with Crippen LogP contribution in [0.25, 0.3) is 0 Å². The Balaban J connectivity index is 3.61. The second kappa shape index (κ2) is 20.1. The number of carbonyl (C=O) groups excluding carboxylic acids is 1. The van der Waals surface area contributed by atoms with Gasteiger partial charge in [-0.2, -0.15) is 5.10 Å². The maximum Gasteiger partial charge on any atom is 0.352 e. The van der Waals surface area contributed by atoms with Gasteiger partial charge in [-0.25, -0.2) is 10.2 Å². The number of nitrogens with zero attached hydrogens (tertiary/aromatic N) is 1. The zero-order chi connectivity index (χ0) is 22.5. The molecule has 0 unspecified atom stereocenters. The van der Waals surface area contributed by atoms with Crippen LogP contribution in [0.5, 0.6) is 0 Å². The van der Waals surface area contributed by atoms with Crippen LogP contribution >= 0.6 is 0 Å². The van der Waals surface area contributed by atoms with Crippen LogP contribution in [0.15, 0.2) is 17.3 Å². The van der Waals surface area contributed by atoms with Crippen LogP contribution in [0, 0.1) is 0 Å². The van der Waals surface area contributed by atoms with E-state index >= 15 is 0 Å². The van der Waals surface area contributed by atoms with Crippen molar-refractivity contribution in [3.63, 3.8) is 0 Å². The molecule has 0 aliphatic carbocycles. The SMILES string of the molecule is CCCCCCCC/C=C/CCCCCCCC(=O)N/N=C(/CCC(=O)O)C(=O)O. The normalized spacial score (nSPS) is 11.7. The first-order valence-corrected chi connectivity index (χ1v) is 11.4. The van der Waals surface area contributed by atoms with E-state index in [1.54, 1.807) is 0 Å². The molecule has 0 aromatic carbocycles. The van der Waals surface area contributed by atoms with Crippen molar-refractivity contribution in [3.8, 4) is 0 Å². The lowest BCUT2D eigenvalue weighted by Gasteiger charge is -2.03. The van der Waals surface area contributed by atoms with E-state index in [9.17, 15) is 14.4 Å². The van der Waals surface area contributed by atoms with E-state index in [0.29, 0.717) is 0 Å². The largest absolute Gasteiger partial charge is 0.481 e. The minimum atomic E-state index is -1.32. The molecule has 172 valence electrons. The van der Waals surface area contributed by atoms with E-state index in [2.05, 4.69) is 29.6 Å². The molecule has 0 saturated heterocycles. The number of nitrogens with one attached hydrogen (secondary N) is 1. The van der Waals surface area contributed by atoms with Gasteiger partial charge in [-0.1, -0.05) is 70.4 Å². The summed E-state index contributed by atoms with van der Waals surface area (Å²) in [6.07, 6.45) is 19.6. The summed E-state index contributed by atoms with van der Waals surface area (Å²) in [5, 5.41) is 21.1. The molecule has 0 aromatic rings. The van der Waals surface area contributed by atoms with Gasteiger partial charge in [-0.05, 0) is 32.1 Å². The van der Waals surface area contributed by atoms with Crippen LogP contribution in [0.3, 0.4) is 0 Å². The molecule has 0 rings (SSSR count). The molecule has 0 atom stereocenters. The molecular weight excluding hydrogens is 384 g/mol. The van der Waals surface area contributed by atoms with Crippen LogP contribution in [0.1, 0.15) is 110 Å². The number of hydrogen-bond donors (Lipinski definition) is 3. The summed E-state index contributed by atoms with van der Waals surface area (Å²) in [5.41, 5.74) is 1.85. The Morgan fingerprint density at radius 3 is 1.80 bits per heavy atom. The first-order valence-electron chi connectivity index (χ1n) is 11.4. The highest BCUT2D eigenvalue weighted by Crippen LogP contribution is 2.10. The third-order valence-corrected chi connectivity index (χ3v) is 4.80. The lowest BCUT2D eigenvalue weighted by atomic mass is 10.1. The Morgan fingerprint density at radius 1 is 0.733 bits per heavy atom. The number of aliphatic carboxylic acids is 2. The first kappa shape index (κ1) is 27.8. The highest BCUT2D eigenvalue weighted by Gasteiger charge is 2.12. The second-order valence-electron chi connectivity index (χ2n) is 7.63. The number of allylic oxidation sites excluding steroid dienone is 2. The fourth-order valence-corrected chi connectivity index (χ4v) is 2.98. The van der Waals surface area contributed by atoms with E-state index in [1.165, 1.54) is 44.9 Å². The van der Waals surface area contributed by atoms with Gasteiger partial charge >= 0.3 is 11.9 Å². The zero-order valence-electron chi connectivity index (χ0n) is 18.5. The van der Waals surface area contributed by atoms with Crippen molar-refractivity contribution in [1.82, 2.24) is 5.43 Å². The monoisotopic (exact) mass is 424 g/mol. The van der Waals surface area contributed by atoms with Crippen molar-refractivity contribution in [1.29, 1.82) is 0 Å². The number of rotatable bonds is 20. The Labute approximate surface area is 181 Å². The highest BCUT2D eigenvalue weighted by atomic mass is 16.4. The lowest BCUT2D eigenvalue weighted by Crippen LogP contribution is -2.23. The van der Waals surface area contributed by atoms with Crippen LogP contribution in [-0.4, -0.2) is 33.8 Å². The van der Waals surface area contributed by atoms with E-state index in [4.69, 9.17) is 10.2 Å². The van der Waals surface area contributed by atoms with Gasteiger partial charge in [-0.15, -0.1) is 0 Å². The fourth-order valence-electron chi connectivity index (χ4n) is 2.98. The molecule has 0 aromatic heterocycles. The summed E-state index contributed by atoms with van der Waals surface area (Å²) in [5.74, 6) is -2.78. The number of hydrazone groups is 1. The van der Waals surface area contributed by atoms with Gasteiger partial charge in [0.05, 0.1) is 6.42 Å². The predicted octanol–water partition coefficient (Wildman–Crippen LogP) is 5.45. The molecule has 0 aliphatic heterocycles. The average Bonchev–Trinajstić information content (AvgIpc) is 2.70. The van der Waals surface area contributed by atoms with Gasteiger partial charge in [0.2, 0.25) is 5.91 Å². The van der Waals surface area contributed by atoms with E-state index < -0.39 is 11.9 Å². The van der Waals surface area contributed by atoms with Crippen LogP contribution in [0.4, 0.5) is 0 Å². The average molecular weight is 425 g/mol. The third kappa shape index (κ3) is 19.2. The Kier molecular flexibility index (Phi) is 18.6. The quantitative estimate of drug-likeness (QED) is 0.104. The van der Waals surface area contributed by atoms with Gasteiger partial charge in [0, 0.05) is 12.8 Å². The summed E-state index contributed by atoms with van der Waals surface area (Å²) in [4.78, 5) is 33.2. The van der Waals surface area contributed by atoms with Gasteiger partial charge in [0.15, 0.2) is 0 Å². The Morgan fingerprint density at radius 2 is 1.27 bits per heavy atom. The molecule has 0 fully saturated rings. The summed E-state index contributed by atoms with van der Waals surface area (Å²) < 4.78 is 0. The van der Waals surface area contributed by atoms with Crippen LogP contribution in [-0.2, 0) is 14.4 Å². The molecule has 30 heavy (non-hydrogen) atoms. The van der Waals surface area contributed by atoms with Crippen molar-refractivity contribution in [3.05, 3.63) is 12.2 Å². The van der Waals surface area contributed by atoms with E-state index in [1.807, 2.05) is 0 Å². The molecule has 0 saturated carbocycles. The van der Waals surface area contributed by atoms with Gasteiger partial charge in [-0.3, -0.25) is 9.59 Å². The first-order chi connectivity index (χ1) is 14.5. The molecule has 1 amide bonds. The molecule has 3 N–H and O–H groups in total. The molecule has 0 heterocycles. The summed E-state index contributed by atoms with van der Waals surface area (Å²) in [7, 11) is 0. The summed E-state index contributed by atoms with van der Waals surface area (Å²) >= 11 is 0. The summed E-state index contributed by atoms with van der Waals surface area (Å²) in [6, 6.07) is 0. The molecule has 7 heteroatoms. The number of hydrogen-bond acceptors (Lipinski definition) is 4. The smallest absolute Gasteiger partial charge is 0.352 e. The van der Waals surface area contributed by atoms with Crippen molar-refractivity contribution < 1.29 is 24.6 Å². The van der Waals surface area contributed by atoms with Crippen molar-refractivity contribution in [2.75, 3.05) is 0 Å². The van der Waals surface area contributed by atoms with Gasteiger partial charge < -0.3 is 10.2 Å². The van der Waals surface area contributed by atoms with Gasteiger partial charge in [0.25, 0.3) is 0 Å². The van der Waals surface area contributed by atoms with E-state index in [0.717, 1.165) is 38.5 Å². The topological polar surface area (TPSA) is 116 Å². The number of carboxylic acid groups (broad SMARTS) is 2. The third-order valence-electron chi connectivity index (χ3n) is 4.80. The number of unbranched alkanes of at least 4 members (excludes halogenated alkanes) is 11. The maximum atomic E-state index is 11.7. The Bertz CT molecular complexity index is 544. The molecule has 0 bridgehead atoms. The Hall–Kier alpha value is -2.18. The van der Waals surface area contributed by atoms with E-state index in [-0.39, 0.29) is 30.9 Å². The maximum absolute atomic E-state index is 11.7. The highest BCUT2D eigenvalue weighted by molar-refractivity contribution is 6.35. The van der Waals surface area contributed by atoms with Crippen LogP contribution < -0.4 is 5.43 Å². The van der Waals surface area contributed by atoms with Crippen LogP contribution in [0.2, 0.25) is 0 Å². The molecule has 0 radical (unpaired) electrons. The summed E-state index contributed by atoms with van der Waals surface area (Å²) in [6.45, 7) is 2.24. The fraction of sp³-hybridized carbons (Fsp3) is 0.739. The van der Waals surface area contributed by atoms with Gasteiger partial charge in [0.1, 0.15) is 5.71 Å². The zero-order valence-corrected chi connectivity index (χ0v) is 18.5. The molecule has 0 spiro atoms. The predicted molar refractivity (Wildman–Crippen MR) is 120 cm³/mol. The molecule has 7 nitrogen and oxygen atoms in total. The van der Waals surface area contributed by atoms with Crippen molar-refractivity contribution in [2.24, 2.45) is 5.10 Å². The lowest BCUT2D eigenvalue weighted by molar-refractivity contribution is -0.136. The number of amides is 1. The number of carboxylic acids is 2. The number of carbonyl (C=O) groups is 3. The molecule has 0 aliphatic rings. The minimum absolute atomic E-state index is 0.224.